The van der Waals surface area contributed by atoms with Crippen molar-refractivity contribution in [3.8, 4) is 0 Å². The number of nitrogens with zero attached hydrogens (tertiary/aromatic N) is 5. The maximum Gasteiger partial charge on any atom is 0.0947 e. The van der Waals surface area contributed by atoms with Gasteiger partial charge in [0.1, 0.15) is 0 Å². The molecule has 0 amide bonds. The normalized spacial score (nSPS) is 17.9. The fourth-order valence-corrected chi connectivity index (χ4v) is 6.07. The summed E-state index contributed by atoms with van der Waals surface area (Å²) in [5.74, 6) is 1.13. The van der Waals surface area contributed by atoms with Crippen LogP contribution in [0.15, 0.2) is 104 Å². The molecule has 7 nitrogen and oxygen atoms in total. The van der Waals surface area contributed by atoms with Crippen molar-refractivity contribution in [1.82, 2.24) is 19.9 Å². The highest BCUT2D eigenvalue weighted by atomic mass is 15.1. The van der Waals surface area contributed by atoms with Crippen LogP contribution in [-0.4, -0.2) is 19.9 Å². The Morgan fingerprint density at radius 3 is 1.38 bits per heavy atom. The summed E-state index contributed by atoms with van der Waals surface area (Å²) in [5, 5.41) is 0. The molecule has 0 aromatic carbocycles. The summed E-state index contributed by atoms with van der Waals surface area (Å²) < 4.78 is 0. The first-order valence-electron chi connectivity index (χ1n) is 15.6. The van der Waals surface area contributed by atoms with Crippen molar-refractivity contribution >= 4 is 63.4 Å². The first kappa shape index (κ1) is 27.0. The van der Waals surface area contributed by atoms with E-state index in [2.05, 4.69) is 174 Å². The number of rotatable bonds is 3. The second-order valence-electron chi connectivity index (χ2n) is 12.1. The molecule has 5 aliphatic rings. The average molecular weight is 590 g/mol. The summed E-state index contributed by atoms with van der Waals surface area (Å²) in [6.07, 6.45) is 34.4. The Morgan fingerprint density at radius 1 is 0.489 bits per heavy atom. The SMILES string of the molecule is CC1C=CN(c2c3nc(c(N4C=CC(C)C=C4)c4ccc([nH]4)c(N4C=CC(C)C=C4)c4nc(cc5ccc2[nH]5)C=C4)C=C3)C=C1. The lowest BCUT2D eigenvalue weighted by atomic mass is 10.1. The summed E-state index contributed by atoms with van der Waals surface area (Å²) >= 11 is 0. The molecule has 8 heterocycles. The smallest absolute Gasteiger partial charge is 0.0947 e. The maximum atomic E-state index is 5.29. The fourth-order valence-electron chi connectivity index (χ4n) is 6.07. The molecule has 0 saturated heterocycles. The standard InChI is InChI=1S/C38H35N7/c1-25-12-18-43(19-13-25)36-30-6-4-28(39-30)24-29-5-7-31(40-29)37(44-20-14-26(2)15-21-44)33-9-11-35(42-33)38(34-10-8-32(36)41-34)45-22-16-27(3)17-23-45/h4-27,39,42H,1-3H3. The van der Waals surface area contributed by atoms with Crippen LogP contribution in [0.5, 0.6) is 0 Å². The minimum atomic E-state index is 0.368. The number of anilines is 3. The van der Waals surface area contributed by atoms with Crippen molar-refractivity contribution in [1.29, 1.82) is 0 Å². The van der Waals surface area contributed by atoms with Crippen LogP contribution >= 0.6 is 0 Å². The monoisotopic (exact) mass is 589 g/mol. The predicted octanol–water partition coefficient (Wildman–Crippen LogP) is 9.11. The minimum Gasteiger partial charge on any atom is -0.354 e. The number of aromatic amines is 2. The highest BCUT2D eigenvalue weighted by molar-refractivity contribution is 5.95. The molecule has 0 spiro atoms. The molecule has 8 bridgehead atoms. The first-order chi connectivity index (χ1) is 22.0. The molecule has 0 saturated carbocycles. The zero-order chi connectivity index (χ0) is 30.5. The van der Waals surface area contributed by atoms with E-state index < -0.39 is 0 Å². The van der Waals surface area contributed by atoms with Gasteiger partial charge in [0.25, 0.3) is 0 Å². The molecule has 8 rings (SSSR count). The zero-order valence-electron chi connectivity index (χ0n) is 25.6. The molecule has 0 aliphatic carbocycles. The number of aromatic nitrogens is 4. The van der Waals surface area contributed by atoms with Crippen molar-refractivity contribution in [2.24, 2.45) is 17.8 Å². The third-order valence-corrected chi connectivity index (χ3v) is 8.57. The molecule has 5 aliphatic heterocycles. The molecule has 45 heavy (non-hydrogen) atoms. The zero-order valence-corrected chi connectivity index (χ0v) is 25.6. The van der Waals surface area contributed by atoms with E-state index in [1.54, 1.807) is 0 Å². The van der Waals surface area contributed by atoms with E-state index in [0.717, 1.165) is 61.9 Å². The van der Waals surface area contributed by atoms with Crippen molar-refractivity contribution in [3.63, 3.8) is 0 Å². The molecule has 7 heteroatoms. The predicted molar refractivity (Wildman–Crippen MR) is 189 cm³/mol. The van der Waals surface area contributed by atoms with Crippen LogP contribution < -0.4 is 14.7 Å². The maximum absolute atomic E-state index is 5.29. The van der Waals surface area contributed by atoms with Crippen molar-refractivity contribution in [3.05, 3.63) is 127 Å². The van der Waals surface area contributed by atoms with Gasteiger partial charge in [-0.25, -0.2) is 9.97 Å². The van der Waals surface area contributed by atoms with Gasteiger partial charge in [0.05, 0.1) is 56.4 Å². The van der Waals surface area contributed by atoms with Crippen molar-refractivity contribution < 1.29 is 0 Å². The molecule has 0 fully saturated rings. The Hall–Kier alpha value is -5.56. The van der Waals surface area contributed by atoms with Gasteiger partial charge in [-0.1, -0.05) is 57.2 Å². The number of hydrogen-bond acceptors (Lipinski definition) is 5. The van der Waals surface area contributed by atoms with Gasteiger partial charge in [0.15, 0.2) is 0 Å². The quantitative estimate of drug-likeness (QED) is 0.220. The second-order valence-corrected chi connectivity index (χ2v) is 12.1. The number of fused-ring (bicyclic) bond motifs is 8. The lowest BCUT2D eigenvalue weighted by Gasteiger charge is -2.22. The van der Waals surface area contributed by atoms with Gasteiger partial charge in [-0.05, 0) is 72.4 Å². The van der Waals surface area contributed by atoms with Crippen molar-refractivity contribution in [2.45, 2.75) is 20.8 Å². The van der Waals surface area contributed by atoms with E-state index in [1.807, 2.05) is 0 Å². The average Bonchev–Trinajstić information content (AvgIpc) is 3.87. The highest BCUT2D eigenvalue weighted by Crippen LogP contribution is 2.37. The largest absolute Gasteiger partial charge is 0.354 e. The van der Waals surface area contributed by atoms with E-state index in [0.29, 0.717) is 17.8 Å². The molecule has 0 radical (unpaired) electrons. The number of hydrogen-bond donors (Lipinski definition) is 2. The fraction of sp³-hybridized carbons (Fsp3) is 0.158. The van der Waals surface area contributed by atoms with E-state index in [4.69, 9.17) is 9.97 Å². The van der Waals surface area contributed by atoms with Crippen LogP contribution in [0.25, 0.3) is 46.4 Å². The third kappa shape index (κ3) is 5.06. The molecule has 3 aromatic rings. The van der Waals surface area contributed by atoms with Crippen molar-refractivity contribution in [2.75, 3.05) is 14.7 Å². The van der Waals surface area contributed by atoms with Gasteiger partial charge in [0, 0.05) is 42.7 Å². The summed E-state index contributed by atoms with van der Waals surface area (Å²) in [7, 11) is 0. The van der Waals surface area contributed by atoms with E-state index >= 15 is 0 Å². The van der Waals surface area contributed by atoms with Crippen LogP contribution in [0.1, 0.15) is 43.5 Å². The second kappa shape index (κ2) is 10.9. The molecular formula is C38H35N7. The summed E-state index contributed by atoms with van der Waals surface area (Å²) in [5.41, 5.74) is 10.4. The molecule has 0 unspecified atom stereocenters. The molecular weight excluding hydrogens is 554 g/mol. The van der Waals surface area contributed by atoms with Gasteiger partial charge < -0.3 is 24.7 Å². The number of nitrogens with one attached hydrogen (secondary N) is 2. The van der Waals surface area contributed by atoms with Gasteiger partial charge in [-0.3, -0.25) is 0 Å². The van der Waals surface area contributed by atoms with E-state index in [1.165, 1.54) is 0 Å². The van der Waals surface area contributed by atoms with Crippen LogP contribution in [-0.2, 0) is 0 Å². The van der Waals surface area contributed by atoms with Gasteiger partial charge in [0.2, 0.25) is 0 Å². The molecule has 0 atom stereocenters. The van der Waals surface area contributed by atoms with Crippen LogP contribution in [0.2, 0.25) is 0 Å². The summed E-state index contributed by atoms with van der Waals surface area (Å²) in [4.78, 5) is 24.3. The molecule has 3 aromatic heterocycles. The number of H-pyrrole nitrogens is 2. The van der Waals surface area contributed by atoms with Gasteiger partial charge in [-0.2, -0.15) is 0 Å². The number of allylic oxidation sites excluding steroid dienone is 6. The Balaban J connectivity index is 1.46. The Bertz CT molecular complexity index is 2020. The first-order valence-corrected chi connectivity index (χ1v) is 15.6. The lowest BCUT2D eigenvalue weighted by Crippen LogP contribution is -2.14. The van der Waals surface area contributed by atoms with Gasteiger partial charge >= 0.3 is 0 Å². The molecule has 2 N–H and O–H groups in total. The van der Waals surface area contributed by atoms with E-state index in [9.17, 15) is 0 Å². The van der Waals surface area contributed by atoms with Crippen LogP contribution in [0.4, 0.5) is 17.1 Å². The highest BCUT2D eigenvalue weighted by Gasteiger charge is 2.20. The van der Waals surface area contributed by atoms with E-state index in [-0.39, 0.29) is 0 Å². The lowest BCUT2D eigenvalue weighted by molar-refractivity contribution is 0.906. The topological polar surface area (TPSA) is 67.1 Å². The third-order valence-electron chi connectivity index (χ3n) is 8.57. The minimum absolute atomic E-state index is 0.368. The van der Waals surface area contributed by atoms with Gasteiger partial charge in [-0.15, -0.1) is 0 Å². The summed E-state index contributed by atoms with van der Waals surface area (Å²) in [6, 6.07) is 10.6. The van der Waals surface area contributed by atoms with Crippen LogP contribution in [0, 0.1) is 17.8 Å². The Kier molecular flexibility index (Phi) is 6.52. The van der Waals surface area contributed by atoms with Crippen LogP contribution in [0.3, 0.4) is 0 Å². The summed E-state index contributed by atoms with van der Waals surface area (Å²) in [6.45, 7) is 6.55. The molecule has 222 valence electrons. The Morgan fingerprint density at radius 2 is 0.889 bits per heavy atom. The Labute approximate surface area is 262 Å².